The zero-order chi connectivity index (χ0) is 13.8. The highest BCUT2D eigenvalue weighted by molar-refractivity contribution is 5.60. The van der Waals surface area contributed by atoms with Crippen LogP contribution in [0, 0.1) is 17.0 Å². The Hall–Kier alpha value is -2.77. The molecule has 8 nitrogen and oxygen atoms in total. The van der Waals surface area contributed by atoms with E-state index in [1.165, 1.54) is 6.92 Å². The molecule has 0 unspecified atom stereocenters. The number of aryl methyl sites for hydroxylation is 1. The predicted molar refractivity (Wildman–Crippen MR) is 69.4 cm³/mol. The van der Waals surface area contributed by atoms with Gasteiger partial charge in [-0.2, -0.15) is 4.98 Å². The van der Waals surface area contributed by atoms with Gasteiger partial charge in [-0.3, -0.25) is 15.1 Å². The molecule has 19 heavy (non-hydrogen) atoms. The monoisotopic (exact) mass is 260 g/mol. The van der Waals surface area contributed by atoms with Crippen molar-refractivity contribution in [3.05, 3.63) is 45.9 Å². The van der Waals surface area contributed by atoms with Crippen LogP contribution in [0.4, 0.5) is 17.5 Å². The zero-order valence-electron chi connectivity index (χ0n) is 10.2. The smallest absolute Gasteiger partial charge is 0.332 e. The van der Waals surface area contributed by atoms with Gasteiger partial charge in [0.1, 0.15) is 5.69 Å². The second-order valence-electron chi connectivity index (χ2n) is 3.83. The van der Waals surface area contributed by atoms with Crippen LogP contribution in [0.1, 0.15) is 11.3 Å². The fraction of sp³-hybridized carbons (Fsp3) is 0.182. The van der Waals surface area contributed by atoms with Crippen LogP contribution < -0.4 is 11.1 Å². The Morgan fingerprint density at radius 3 is 2.68 bits per heavy atom. The molecule has 8 heteroatoms. The fourth-order valence-corrected chi connectivity index (χ4v) is 1.62. The SMILES string of the molecule is Cc1nc(N)nc(NCc2ccncc2)c1[N+](=O)[O-]. The first-order valence-electron chi connectivity index (χ1n) is 5.49. The molecule has 0 radical (unpaired) electrons. The van der Waals surface area contributed by atoms with E-state index >= 15 is 0 Å². The van der Waals surface area contributed by atoms with E-state index in [2.05, 4.69) is 20.3 Å². The van der Waals surface area contributed by atoms with E-state index < -0.39 is 4.92 Å². The Bertz CT molecular complexity index is 602. The van der Waals surface area contributed by atoms with Gasteiger partial charge in [0.15, 0.2) is 0 Å². The molecule has 0 aliphatic rings. The summed E-state index contributed by atoms with van der Waals surface area (Å²) >= 11 is 0. The second-order valence-corrected chi connectivity index (χ2v) is 3.83. The molecule has 2 heterocycles. The third-order valence-electron chi connectivity index (χ3n) is 2.47. The molecule has 98 valence electrons. The first kappa shape index (κ1) is 12.7. The fourth-order valence-electron chi connectivity index (χ4n) is 1.62. The van der Waals surface area contributed by atoms with E-state index in [1.54, 1.807) is 24.5 Å². The van der Waals surface area contributed by atoms with Crippen LogP contribution in [-0.2, 0) is 6.54 Å². The van der Waals surface area contributed by atoms with Gasteiger partial charge in [0.25, 0.3) is 0 Å². The molecule has 0 aliphatic heterocycles. The highest BCUT2D eigenvalue weighted by atomic mass is 16.6. The minimum absolute atomic E-state index is 0.000304. The summed E-state index contributed by atoms with van der Waals surface area (Å²) in [5, 5.41) is 13.9. The van der Waals surface area contributed by atoms with Gasteiger partial charge in [0, 0.05) is 18.9 Å². The van der Waals surface area contributed by atoms with Crippen LogP contribution in [0.3, 0.4) is 0 Å². The summed E-state index contributed by atoms with van der Waals surface area (Å²) in [6.07, 6.45) is 3.29. The summed E-state index contributed by atoms with van der Waals surface area (Å²) in [6, 6.07) is 3.60. The van der Waals surface area contributed by atoms with Crippen molar-refractivity contribution in [2.75, 3.05) is 11.1 Å². The van der Waals surface area contributed by atoms with Crippen molar-refractivity contribution in [2.24, 2.45) is 0 Å². The maximum Gasteiger partial charge on any atom is 0.332 e. The van der Waals surface area contributed by atoms with Crippen molar-refractivity contribution in [1.82, 2.24) is 15.0 Å². The molecule has 2 aromatic rings. The number of nitrogens with zero attached hydrogens (tertiary/aromatic N) is 4. The van der Waals surface area contributed by atoms with Crippen molar-refractivity contribution < 1.29 is 4.92 Å². The molecule has 0 saturated carbocycles. The number of pyridine rings is 1. The Morgan fingerprint density at radius 1 is 1.37 bits per heavy atom. The molecular weight excluding hydrogens is 248 g/mol. The second kappa shape index (κ2) is 5.25. The van der Waals surface area contributed by atoms with E-state index in [9.17, 15) is 10.1 Å². The molecule has 2 rings (SSSR count). The lowest BCUT2D eigenvalue weighted by Gasteiger charge is -2.08. The quantitative estimate of drug-likeness (QED) is 0.627. The van der Waals surface area contributed by atoms with Gasteiger partial charge in [-0.1, -0.05) is 0 Å². The molecule has 0 spiro atoms. The number of nitrogen functional groups attached to an aromatic ring is 1. The molecule has 0 aromatic carbocycles. The summed E-state index contributed by atoms with van der Waals surface area (Å²) in [6.45, 7) is 1.91. The molecule has 0 bridgehead atoms. The number of aromatic nitrogens is 3. The molecule has 3 N–H and O–H groups in total. The summed E-state index contributed by atoms with van der Waals surface area (Å²) in [5.41, 5.74) is 6.50. The number of hydrogen-bond acceptors (Lipinski definition) is 7. The maximum atomic E-state index is 11.0. The van der Waals surface area contributed by atoms with Gasteiger partial charge in [-0.05, 0) is 24.6 Å². The molecule has 0 atom stereocenters. The summed E-state index contributed by atoms with van der Waals surface area (Å²) in [7, 11) is 0. The van der Waals surface area contributed by atoms with E-state index in [1.807, 2.05) is 0 Å². The molecule has 0 amide bonds. The Balaban J connectivity index is 2.27. The van der Waals surface area contributed by atoms with E-state index in [0.29, 0.717) is 6.54 Å². The number of anilines is 2. The van der Waals surface area contributed by atoms with Gasteiger partial charge in [0.05, 0.1) is 4.92 Å². The predicted octanol–water partition coefficient (Wildman–Crippen LogP) is 1.28. The first-order chi connectivity index (χ1) is 9.08. The van der Waals surface area contributed by atoms with Gasteiger partial charge >= 0.3 is 5.69 Å². The lowest BCUT2D eigenvalue weighted by atomic mass is 10.2. The standard InChI is InChI=1S/C11H12N6O2/c1-7-9(17(18)19)10(16-11(12)15-7)14-6-8-2-4-13-5-3-8/h2-5H,6H2,1H3,(H3,12,14,15,16). The Kier molecular flexibility index (Phi) is 3.51. The number of nitrogens with two attached hydrogens (primary N) is 1. The molecular formula is C11H12N6O2. The van der Waals surface area contributed by atoms with E-state index in [-0.39, 0.29) is 23.1 Å². The van der Waals surface area contributed by atoms with Crippen molar-refractivity contribution in [1.29, 1.82) is 0 Å². The molecule has 0 aliphatic carbocycles. The van der Waals surface area contributed by atoms with Gasteiger partial charge < -0.3 is 11.1 Å². The average molecular weight is 260 g/mol. The molecule has 0 fully saturated rings. The number of hydrogen-bond donors (Lipinski definition) is 2. The third-order valence-corrected chi connectivity index (χ3v) is 2.47. The summed E-state index contributed by atoms with van der Waals surface area (Å²) < 4.78 is 0. The minimum Gasteiger partial charge on any atom is -0.368 e. The minimum atomic E-state index is -0.524. The largest absolute Gasteiger partial charge is 0.368 e. The Morgan fingerprint density at radius 2 is 2.05 bits per heavy atom. The van der Waals surface area contributed by atoms with Crippen molar-refractivity contribution >= 4 is 17.5 Å². The van der Waals surface area contributed by atoms with Crippen LogP contribution in [0.2, 0.25) is 0 Å². The highest BCUT2D eigenvalue weighted by Gasteiger charge is 2.21. The third kappa shape index (κ3) is 2.92. The van der Waals surface area contributed by atoms with Crippen molar-refractivity contribution in [3.8, 4) is 0 Å². The van der Waals surface area contributed by atoms with Crippen molar-refractivity contribution in [3.63, 3.8) is 0 Å². The summed E-state index contributed by atoms with van der Waals surface area (Å²) in [5.74, 6) is 0.118. The lowest BCUT2D eigenvalue weighted by molar-refractivity contribution is -0.385. The first-order valence-corrected chi connectivity index (χ1v) is 5.49. The molecule has 0 saturated heterocycles. The van der Waals surface area contributed by atoms with E-state index in [0.717, 1.165) is 5.56 Å². The lowest BCUT2D eigenvalue weighted by Crippen LogP contribution is -2.09. The van der Waals surface area contributed by atoms with E-state index in [4.69, 9.17) is 5.73 Å². The van der Waals surface area contributed by atoms with Crippen LogP contribution in [-0.4, -0.2) is 19.9 Å². The van der Waals surface area contributed by atoms with Crippen LogP contribution in [0.15, 0.2) is 24.5 Å². The van der Waals surface area contributed by atoms with Gasteiger partial charge in [-0.25, -0.2) is 4.98 Å². The highest BCUT2D eigenvalue weighted by Crippen LogP contribution is 2.26. The van der Waals surface area contributed by atoms with Crippen LogP contribution in [0.25, 0.3) is 0 Å². The van der Waals surface area contributed by atoms with Gasteiger partial charge in [-0.15, -0.1) is 0 Å². The maximum absolute atomic E-state index is 11.0. The molecule has 2 aromatic heterocycles. The number of nitro groups is 1. The normalized spacial score (nSPS) is 10.2. The van der Waals surface area contributed by atoms with Crippen LogP contribution in [0.5, 0.6) is 0 Å². The Labute approximate surface area is 108 Å². The number of nitrogens with one attached hydrogen (secondary N) is 1. The van der Waals surface area contributed by atoms with Crippen LogP contribution >= 0.6 is 0 Å². The zero-order valence-corrected chi connectivity index (χ0v) is 10.2. The van der Waals surface area contributed by atoms with Gasteiger partial charge in [0.2, 0.25) is 11.8 Å². The average Bonchev–Trinajstić information content (AvgIpc) is 2.36. The summed E-state index contributed by atoms with van der Waals surface area (Å²) in [4.78, 5) is 22.0. The van der Waals surface area contributed by atoms with Crippen molar-refractivity contribution in [2.45, 2.75) is 13.5 Å². The topological polar surface area (TPSA) is 120 Å². The number of rotatable bonds is 4.